The van der Waals surface area contributed by atoms with Crippen molar-refractivity contribution in [2.45, 2.75) is 13.5 Å². The Bertz CT molecular complexity index is 1120. The number of hydrogen-bond donors (Lipinski definition) is 1. The molecule has 0 aliphatic rings. The van der Waals surface area contributed by atoms with Gasteiger partial charge < -0.3 is 10.2 Å². The summed E-state index contributed by atoms with van der Waals surface area (Å²) < 4.78 is 6.19. The van der Waals surface area contributed by atoms with E-state index in [9.17, 15) is 4.79 Å². The van der Waals surface area contributed by atoms with Gasteiger partial charge in [0.1, 0.15) is 10.7 Å². The number of thiophene rings is 1. The monoisotopic (exact) mass is 423 g/mol. The van der Waals surface area contributed by atoms with Crippen molar-refractivity contribution in [2.75, 3.05) is 19.4 Å². The van der Waals surface area contributed by atoms with Gasteiger partial charge in [-0.2, -0.15) is 9.47 Å². The summed E-state index contributed by atoms with van der Waals surface area (Å²) in [6.45, 7) is 2.32. The van der Waals surface area contributed by atoms with Crippen LogP contribution in [0.3, 0.4) is 0 Å². The van der Waals surface area contributed by atoms with E-state index < -0.39 is 0 Å². The molecular formula is C21H21N5OS2. The van der Waals surface area contributed by atoms with Crippen molar-refractivity contribution in [2.24, 2.45) is 0 Å². The quantitative estimate of drug-likeness (QED) is 0.489. The molecular weight excluding hydrogens is 402 g/mol. The van der Waals surface area contributed by atoms with Crippen molar-refractivity contribution >= 4 is 33.8 Å². The number of amides is 1. The highest BCUT2D eigenvalue weighted by atomic mass is 32.1. The Morgan fingerprint density at radius 1 is 1.21 bits per heavy atom. The first kappa shape index (κ1) is 19.4. The highest BCUT2D eigenvalue weighted by Gasteiger charge is 2.23. The first-order valence-electron chi connectivity index (χ1n) is 9.15. The number of nitrogens with zero attached hydrogens (tertiary/aromatic N) is 4. The topological polar surface area (TPSA) is 63.1 Å². The molecule has 8 heteroatoms. The Balaban J connectivity index is 1.68. The number of para-hydroxylation sites is 1. The summed E-state index contributed by atoms with van der Waals surface area (Å²) in [7, 11) is 3.62. The van der Waals surface area contributed by atoms with E-state index in [2.05, 4.69) is 15.8 Å². The number of aryl methyl sites for hydroxylation is 1. The standard InChI is InChI=1S/C21H21N5OS2/c1-14-18(20(22-2)29-24-14)21(27)25(3)12-15-13-26(16-8-5-4-6-9-16)23-19(15)17-10-7-11-28-17/h4-11,13,22H,12H2,1-3H3. The average Bonchev–Trinajstić information content (AvgIpc) is 3.47. The van der Waals surface area contributed by atoms with Gasteiger partial charge in [0, 0.05) is 32.4 Å². The number of aromatic nitrogens is 3. The van der Waals surface area contributed by atoms with E-state index in [-0.39, 0.29) is 5.91 Å². The smallest absolute Gasteiger partial charge is 0.258 e. The van der Waals surface area contributed by atoms with Crippen molar-refractivity contribution < 1.29 is 4.79 Å². The molecule has 0 aliphatic heterocycles. The maximum Gasteiger partial charge on any atom is 0.258 e. The Kier molecular flexibility index (Phi) is 5.46. The van der Waals surface area contributed by atoms with E-state index in [1.807, 2.05) is 73.7 Å². The van der Waals surface area contributed by atoms with E-state index in [1.54, 1.807) is 16.2 Å². The minimum absolute atomic E-state index is 0.0507. The van der Waals surface area contributed by atoms with Crippen LogP contribution in [-0.2, 0) is 6.54 Å². The number of rotatable bonds is 6. The first-order chi connectivity index (χ1) is 14.1. The minimum atomic E-state index is -0.0507. The second kappa shape index (κ2) is 8.18. The van der Waals surface area contributed by atoms with Gasteiger partial charge in [-0.3, -0.25) is 4.79 Å². The molecule has 0 saturated carbocycles. The van der Waals surface area contributed by atoms with Crippen LogP contribution >= 0.6 is 22.9 Å². The predicted molar refractivity (Wildman–Crippen MR) is 119 cm³/mol. The van der Waals surface area contributed by atoms with Gasteiger partial charge in [0.15, 0.2) is 0 Å². The van der Waals surface area contributed by atoms with E-state index >= 15 is 0 Å². The second-order valence-corrected chi connectivity index (χ2v) is 8.36. The number of carbonyl (C=O) groups excluding carboxylic acids is 1. The van der Waals surface area contributed by atoms with Gasteiger partial charge >= 0.3 is 0 Å². The highest BCUT2D eigenvalue weighted by Crippen LogP contribution is 2.30. The molecule has 3 aromatic heterocycles. The molecule has 148 valence electrons. The molecule has 0 aliphatic carbocycles. The lowest BCUT2D eigenvalue weighted by atomic mass is 10.1. The van der Waals surface area contributed by atoms with Crippen LogP contribution in [0.2, 0.25) is 0 Å². The number of hydrogen-bond acceptors (Lipinski definition) is 6. The van der Waals surface area contributed by atoms with Gasteiger partial charge in [-0.05, 0) is 42.0 Å². The van der Waals surface area contributed by atoms with Crippen LogP contribution in [0.4, 0.5) is 5.00 Å². The molecule has 29 heavy (non-hydrogen) atoms. The van der Waals surface area contributed by atoms with Crippen LogP contribution in [0.15, 0.2) is 54.0 Å². The summed E-state index contributed by atoms with van der Waals surface area (Å²) >= 11 is 2.95. The molecule has 3 heterocycles. The number of carbonyl (C=O) groups is 1. The van der Waals surface area contributed by atoms with E-state index in [1.165, 1.54) is 11.5 Å². The van der Waals surface area contributed by atoms with E-state index in [0.29, 0.717) is 12.1 Å². The van der Waals surface area contributed by atoms with Gasteiger partial charge in [-0.1, -0.05) is 24.3 Å². The van der Waals surface area contributed by atoms with Gasteiger partial charge in [0.2, 0.25) is 0 Å². The van der Waals surface area contributed by atoms with Crippen molar-refractivity contribution in [3.63, 3.8) is 0 Å². The van der Waals surface area contributed by atoms with Crippen LogP contribution in [0, 0.1) is 6.92 Å². The summed E-state index contributed by atoms with van der Waals surface area (Å²) in [6, 6.07) is 14.1. The van der Waals surface area contributed by atoms with E-state index in [4.69, 9.17) is 5.10 Å². The third kappa shape index (κ3) is 3.81. The SMILES string of the molecule is CNc1snc(C)c1C(=O)N(C)Cc1cn(-c2ccccc2)nc1-c1cccs1. The van der Waals surface area contributed by atoms with Crippen molar-refractivity contribution in [1.29, 1.82) is 0 Å². The molecule has 0 bridgehead atoms. The summed E-state index contributed by atoms with van der Waals surface area (Å²) in [6.07, 6.45) is 2.01. The molecule has 0 spiro atoms. The number of nitrogens with one attached hydrogen (secondary N) is 1. The lowest BCUT2D eigenvalue weighted by Crippen LogP contribution is -2.27. The Labute approximate surface area is 177 Å². The summed E-state index contributed by atoms with van der Waals surface area (Å²) in [4.78, 5) is 15.9. The fourth-order valence-corrected chi connectivity index (χ4v) is 4.65. The van der Waals surface area contributed by atoms with Crippen LogP contribution in [-0.4, -0.2) is 39.1 Å². The zero-order chi connectivity index (χ0) is 20.4. The zero-order valence-electron chi connectivity index (χ0n) is 16.4. The Morgan fingerprint density at radius 3 is 2.69 bits per heavy atom. The maximum absolute atomic E-state index is 13.1. The van der Waals surface area contributed by atoms with Crippen LogP contribution in [0.5, 0.6) is 0 Å². The third-order valence-corrected chi connectivity index (χ3v) is 6.46. The summed E-state index contributed by atoms with van der Waals surface area (Å²) in [5.74, 6) is -0.0507. The van der Waals surface area contributed by atoms with Gasteiger partial charge in [-0.15, -0.1) is 11.3 Å². The number of benzene rings is 1. The van der Waals surface area contributed by atoms with Gasteiger partial charge in [0.25, 0.3) is 5.91 Å². The lowest BCUT2D eigenvalue weighted by molar-refractivity contribution is 0.0786. The molecule has 0 radical (unpaired) electrons. The first-order valence-corrected chi connectivity index (χ1v) is 10.8. The van der Waals surface area contributed by atoms with Crippen molar-refractivity contribution in [1.82, 2.24) is 19.1 Å². The molecule has 4 aromatic rings. The molecule has 1 N–H and O–H groups in total. The Hall–Kier alpha value is -2.97. The molecule has 0 atom stereocenters. The molecule has 0 fully saturated rings. The van der Waals surface area contributed by atoms with Gasteiger partial charge in [0.05, 0.1) is 21.8 Å². The van der Waals surface area contributed by atoms with Crippen LogP contribution in [0.25, 0.3) is 16.3 Å². The minimum Gasteiger partial charge on any atom is -0.378 e. The average molecular weight is 424 g/mol. The molecule has 6 nitrogen and oxygen atoms in total. The second-order valence-electron chi connectivity index (χ2n) is 6.64. The zero-order valence-corrected chi connectivity index (χ0v) is 18.0. The number of anilines is 1. The van der Waals surface area contributed by atoms with Crippen LogP contribution in [0.1, 0.15) is 21.6 Å². The molecule has 4 rings (SSSR count). The normalized spacial score (nSPS) is 10.9. The van der Waals surface area contributed by atoms with Crippen molar-refractivity contribution in [3.05, 3.63) is 70.9 Å². The highest BCUT2D eigenvalue weighted by molar-refractivity contribution is 7.13. The largest absolute Gasteiger partial charge is 0.378 e. The van der Waals surface area contributed by atoms with Crippen LogP contribution < -0.4 is 5.32 Å². The Morgan fingerprint density at radius 2 is 2.00 bits per heavy atom. The third-order valence-electron chi connectivity index (χ3n) is 4.62. The summed E-state index contributed by atoms with van der Waals surface area (Å²) in [5.41, 5.74) is 4.26. The summed E-state index contributed by atoms with van der Waals surface area (Å²) in [5, 5.41) is 10.7. The molecule has 1 amide bonds. The predicted octanol–water partition coefficient (Wildman–Crippen LogP) is 4.68. The molecule has 1 aromatic carbocycles. The molecule has 0 unspecified atom stereocenters. The molecule has 0 saturated heterocycles. The fraction of sp³-hybridized carbons (Fsp3) is 0.190. The fourth-order valence-electron chi connectivity index (χ4n) is 3.17. The maximum atomic E-state index is 13.1. The lowest BCUT2D eigenvalue weighted by Gasteiger charge is -2.17. The van der Waals surface area contributed by atoms with Gasteiger partial charge in [-0.25, -0.2) is 4.68 Å². The van der Waals surface area contributed by atoms with Crippen molar-refractivity contribution in [3.8, 4) is 16.3 Å². The van der Waals surface area contributed by atoms with E-state index in [0.717, 1.165) is 32.5 Å².